The second-order valence-electron chi connectivity index (χ2n) is 6.21. The standard InChI is InChI=1S/C13H20O2/c1-9-6-10(14)7-11(2,3)13(9)12(4,5)8-15-13/h6H,7-8H2,1-5H3. The summed E-state index contributed by atoms with van der Waals surface area (Å²) in [7, 11) is 0. The quantitative estimate of drug-likeness (QED) is 0.612. The Kier molecular flexibility index (Phi) is 1.98. The molecule has 0 saturated carbocycles. The predicted octanol–water partition coefficient (Wildman–Crippen LogP) is 2.73. The van der Waals surface area contributed by atoms with Crippen molar-refractivity contribution in [1.29, 1.82) is 0 Å². The van der Waals surface area contributed by atoms with E-state index in [1.807, 2.05) is 6.92 Å². The van der Waals surface area contributed by atoms with Gasteiger partial charge in [0.15, 0.2) is 5.78 Å². The number of allylic oxidation sites excluding steroid dienone is 1. The molecule has 1 aliphatic heterocycles. The third-order valence-electron chi connectivity index (χ3n) is 4.10. The highest BCUT2D eigenvalue weighted by Gasteiger charge is 2.65. The zero-order valence-corrected chi connectivity index (χ0v) is 10.3. The summed E-state index contributed by atoms with van der Waals surface area (Å²) < 4.78 is 5.93. The highest BCUT2D eigenvalue weighted by Crippen LogP contribution is 2.61. The van der Waals surface area contributed by atoms with Gasteiger partial charge in [-0.1, -0.05) is 27.7 Å². The van der Waals surface area contributed by atoms with Crippen LogP contribution in [0, 0.1) is 10.8 Å². The van der Waals surface area contributed by atoms with E-state index in [0.717, 1.165) is 12.2 Å². The molecule has 1 saturated heterocycles. The largest absolute Gasteiger partial charge is 0.369 e. The lowest BCUT2D eigenvalue weighted by atomic mass is 9.51. The Morgan fingerprint density at radius 2 is 1.80 bits per heavy atom. The first kappa shape index (κ1) is 10.9. The van der Waals surface area contributed by atoms with E-state index in [2.05, 4.69) is 27.7 Å². The van der Waals surface area contributed by atoms with Crippen LogP contribution in [0.5, 0.6) is 0 Å². The molecule has 0 bridgehead atoms. The molecule has 15 heavy (non-hydrogen) atoms. The Balaban J connectivity index is 2.54. The van der Waals surface area contributed by atoms with Gasteiger partial charge in [0.25, 0.3) is 0 Å². The molecule has 0 N–H and O–H groups in total. The number of ether oxygens (including phenoxy) is 1. The molecule has 2 nitrogen and oxygen atoms in total. The molecule has 2 aliphatic rings. The molecule has 1 atom stereocenters. The molecular formula is C13H20O2. The predicted molar refractivity (Wildman–Crippen MR) is 59.6 cm³/mol. The molecule has 0 aromatic heterocycles. The second kappa shape index (κ2) is 2.73. The van der Waals surface area contributed by atoms with Crippen molar-refractivity contribution >= 4 is 5.78 Å². The van der Waals surface area contributed by atoms with Crippen LogP contribution in [0.1, 0.15) is 41.0 Å². The highest BCUT2D eigenvalue weighted by molar-refractivity contribution is 5.92. The van der Waals surface area contributed by atoms with Crippen LogP contribution >= 0.6 is 0 Å². The molecule has 1 spiro atoms. The SMILES string of the molecule is CC1=CC(=O)CC(C)(C)C12OCC2(C)C. The van der Waals surface area contributed by atoms with Gasteiger partial charge in [0.2, 0.25) is 0 Å². The second-order valence-corrected chi connectivity index (χ2v) is 6.21. The van der Waals surface area contributed by atoms with Gasteiger partial charge in [-0.3, -0.25) is 4.79 Å². The van der Waals surface area contributed by atoms with Crippen LogP contribution in [0.15, 0.2) is 11.6 Å². The molecule has 1 heterocycles. The van der Waals surface area contributed by atoms with Crippen molar-refractivity contribution in [3.05, 3.63) is 11.6 Å². The molecule has 84 valence electrons. The van der Waals surface area contributed by atoms with Crippen molar-refractivity contribution in [2.45, 2.75) is 46.6 Å². The Morgan fingerprint density at radius 3 is 2.13 bits per heavy atom. The molecule has 0 aromatic rings. The lowest BCUT2D eigenvalue weighted by Crippen LogP contribution is -2.69. The van der Waals surface area contributed by atoms with Crippen LogP contribution in [-0.2, 0) is 9.53 Å². The molecule has 0 amide bonds. The highest BCUT2D eigenvalue weighted by atomic mass is 16.5. The summed E-state index contributed by atoms with van der Waals surface area (Å²) in [5, 5.41) is 0. The van der Waals surface area contributed by atoms with Gasteiger partial charge in [0.1, 0.15) is 5.60 Å². The van der Waals surface area contributed by atoms with E-state index in [1.54, 1.807) is 6.08 Å². The van der Waals surface area contributed by atoms with Crippen LogP contribution in [0.4, 0.5) is 0 Å². The molecule has 0 radical (unpaired) electrons. The lowest BCUT2D eigenvalue weighted by molar-refractivity contribution is -0.281. The minimum Gasteiger partial charge on any atom is -0.369 e. The number of ketones is 1. The summed E-state index contributed by atoms with van der Waals surface area (Å²) in [6.07, 6.45) is 2.36. The van der Waals surface area contributed by atoms with Crippen molar-refractivity contribution in [3.8, 4) is 0 Å². The topological polar surface area (TPSA) is 26.3 Å². The van der Waals surface area contributed by atoms with E-state index in [-0.39, 0.29) is 22.2 Å². The molecule has 1 aliphatic carbocycles. The fourth-order valence-electron chi connectivity index (χ4n) is 3.75. The fourth-order valence-corrected chi connectivity index (χ4v) is 3.75. The van der Waals surface area contributed by atoms with Crippen LogP contribution in [-0.4, -0.2) is 18.0 Å². The van der Waals surface area contributed by atoms with Crippen molar-refractivity contribution < 1.29 is 9.53 Å². The Morgan fingerprint density at radius 1 is 1.20 bits per heavy atom. The molecule has 1 unspecified atom stereocenters. The van der Waals surface area contributed by atoms with E-state index < -0.39 is 0 Å². The minimum atomic E-state index is -0.228. The van der Waals surface area contributed by atoms with Gasteiger partial charge in [0, 0.05) is 17.3 Å². The fraction of sp³-hybridized carbons (Fsp3) is 0.769. The zero-order valence-electron chi connectivity index (χ0n) is 10.3. The summed E-state index contributed by atoms with van der Waals surface area (Å²) >= 11 is 0. The molecule has 1 fully saturated rings. The van der Waals surface area contributed by atoms with E-state index in [1.165, 1.54) is 0 Å². The van der Waals surface area contributed by atoms with Gasteiger partial charge in [-0.2, -0.15) is 0 Å². The van der Waals surface area contributed by atoms with Gasteiger partial charge >= 0.3 is 0 Å². The number of carbonyl (C=O) groups is 1. The van der Waals surface area contributed by atoms with Gasteiger partial charge in [0.05, 0.1) is 6.61 Å². The van der Waals surface area contributed by atoms with Gasteiger partial charge in [-0.25, -0.2) is 0 Å². The first-order valence-electron chi connectivity index (χ1n) is 5.58. The maximum absolute atomic E-state index is 11.6. The van der Waals surface area contributed by atoms with Crippen LogP contribution < -0.4 is 0 Å². The van der Waals surface area contributed by atoms with Crippen molar-refractivity contribution in [3.63, 3.8) is 0 Å². The Bertz CT molecular complexity index is 350. The van der Waals surface area contributed by atoms with E-state index in [9.17, 15) is 4.79 Å². The van der Waals surface area contributed by atoms with Crippen LogP contribution in [0.3, 0.4) is 0 Å². The lowest BCUT2D eigenvalue weighted by Gasteiger charge is -2.64. The minimum absolute atomic E-state index is 0.0926. The van der Waals surface area contributed by atoms with E-state index >= 15 is 0 Å². The zero-order chi connectivity index (χ0) is 11.5. The van der Waals surface area contributed by atoms with Crippen LogP contribution in [0.25, 0.3) is 0 Å². The number of rotatable bonds is 0. The third-order valence-corrected chi connectivity index (χ3v) is 4.10. The van der Waals surface area contributed by atoms with Crippen LogP contribution in [0.2, 0.25) is 0 Å². The van der Waals surface area contributed by atoms with Crippen molar-refractivity contribution in [1.82, 2.24) is 0 Å². The summed E-state index contributed by atoms with van der Waals surface area (Å²) in [6, 6.07) is 0. The first-order valence-corrected chi connectivity index (χ1v) is 5.58. The number of hydrogen-bond donors (Lipinski definition) is 0. The van der Waals surface area contributed by atoms with Gasteiger partial charge in [-0.05, 0) is 18.6 Å². The Hall–Kier alpha value is -0.630. The number of carbonyl (C=O) groups excluding carboxylic acids is 1. The maximum atomic E-state index is 11.6. The molecule has 2 heteroatoms. The van der Waals surface area contributed by atoms with Gasteiger partial charge < -0.3 is 4.74 Å². The Labute approximate surface area is 91.7 Å². The van der Waals surface area contributed by atoms with E-state index in [0.29, 0.717) is 6.42 Å². The average Bonchev–Trinajstić information content (AvgIpc) is 1.98. The summed E-state index contributed by atoms with van der Waals surface area (Å²) in [6.45, 7) is 11.6. The smallest absolute Gasteiger partial charge is 0.156 e. The van der Waals surface area contributed by atoms with Gasteiger partial charge in [-0.15, -0.1) is 0 Å². The van der Waals surface area contributed by atoms with Crippen molar-refractivity contribution in [2.75, 3.05) is 6.61 Å². The first-order chi connectivity index (χ1) is 6.73. The third kappa shape index (κ3) is 1.12. The molecule has 0 aromatic carbocycles. The van der Waals surface area contributed by atoms with E-state index in [4.69, 9.17) is 4.74 Å². The number of hydrogen-bond acceptors (Lipinski definition) is 2. The summed E-state index contributed by atoms with van der Waals surface area (Å²) in [5.41, 5.74) is 0.913. The maximum Gasteiger partial charge on any atom is 0.156 e. The summed E-state index contributed by atoms with van der Waals surface area (Å²) in [5.74, 6) is 0.231. The summed E-state index contributed by atoms with van der Waals surface area (Å²) in [4.78, 5) is 11.6. The van der Waals surface area contributed by atoms with Crippen molar-refractivity contribution in [2.24, 2.45) is 10.8 Å². The normalized spacial score (nSPS) is 37.4. The monoisotopic (exact) mass is 208 g/mol. The molecule has 2 rings (SSSR count). The molecular weight excluding hydrogens is 188 g/mol. The average molecular weight is 208 g/mol.